The van der Waals surface area contributed by atoms with E-state index in [0.29, 0.717) is 22.6 Å². The average molecular weight is 360 g/mol. The number of aryl methyl sites for hydroxylation is 1. The summed E-state index contributed by atoms with van der Waals surface area (Å²) in [6.07, 6.45) is 1.57. The van der Waals surface area contributed by atoms with Gasteiger partial charge in [-0.3, -0.25) is 9.59 Å². The lowest BCUT2D eigenvalue weighted by molar-refractivity contribution is -0.142. The van der Waals surface area contributed by atoms with Gasteiger partial charge in [0.15, 0.2) is 0 Å². The fraction of sp³-hybridized carbons (Fsp3) is 0.421. The van der Waals surface area contributed by atoms with Crippen molar-refractivity contribution in [2.24, 2.45) is 7.05 Å². The third-order valence-electron chi connectivity index (χ3n) is 4.25. The third kappa shape index (κ3) is 3.56. The maximum Gasteiger partial charge on any atom is 0.340 e. The second-order valence-electron chi connectivity index (χ2n) is 5.92. The van der Waals surface area contributed by atoms with E-state index in [4.69, 9.17) is 9.47 Å². The number of hydrogen-bond acceptors (Lipinski definition) is 5. The van der Waals surface area contributed by atoms with Crippen LogP contribution in [0.1, 0.15) is 57.2 Å². The Morgan fingerprint density at radius 2 is 1.77 bits per heavy atom. The van der Waals surface area contributed by atoms with Crippen LogP contribution in [0, 0.1) is 13.8 Å². The molecule has 2 rings (SSSR count). The minimum absolute atomic E-state index is 0.115. The summed E-state index contributed by atoms with van der Waals surface area (Å²) >= 11 is 0. The molecule has 0 aliphatic heterocycles. The van der Waals surface area contributed by atoms with E-state index >= 15 is 0 Å². The van der Waals surface area contributed by atoms with E-state index in [0.717, 1.165) is 5.56 Å². The van der Waals surface area contributed by atoms with E-state index < -0.39 is 11.9 Å². The molecule has 0 aliphatic carbocycles. The Morgan fingerprint density at radius 1 is 1.12 bits per heavy atom. The number of nitrogens with zero attached hydrogens (tertiary/aromatic N) is 1. The average Bonchev–Trinajstić information content (AvgIpc) is 3.09. The van der Waals surface area contributed by atoms with Gasteiger partial charge in [0.05, 0.1) is 36.6 Å². The molecule has 0 aromatic carbocycles. The molecule has 2 aromatic rings. The van der Waals surface area contributed by atoms with Gasteiger partial charge in [0.2, 0.25) is 5.78 Å². The number of H-pyrrole nitrogens is 1. The molecule has 0 saturated carbocycles. The first kappa shape index (κ1) is 19.5. The van der Waals surface area contributed by atoms with Crippen LogP contribution in [0.5, 0.6) is 0 Å². The van der Waals surface area contributed by atoms with Gasteiger partial charge in [0.25, 0.3) is 0 Å². The number of hydrogen-bond donors (Lipinski definition) is 1. The van der Waals surface area contributed by atoms with Gasteiger partial charge in [-0.25, -0.2) is 4.79 Å². The van der Waals surface area contributed by atoms with Crippen LogP contribution in [0.25, 0.3) is 0 Å². The zero-order valence-electron chi connectivity index (χ0n) is 15.8. The Labute approximate surface area is 152 Å². The molecule has 0 bridgehead atoms. The fourth-order valence-corrected chi connectivity index (χ4v) is 3.05. The minimum atomic E-state index is -0.554. The Bertz CT molecular complexity index is 844. The number of nitrogens with one attached hydrogen (secondary N) is 1. The molecule has 0 radical (unpaired) electrons. The largest absolute Gasteiger partial charge is 0.466 e. The summed E-state index contributed by atoms with van der Waals surface area (Å²) in [5.41, 5.74) is 2.75. The highest BCUT2D eigenvalue weighted by atomic mass is 16.5. The summed E-state index contributed by atoms with van der Waals surface area (Å²) in [5.74, 6) is -1.26. The number of aromatic nitrogens is 2. The van der Waals surface area contributed by atoms with E-state index in [-0.39, 0.29) is 31.0 Å². The summed E-state index contributed by atoms with van der Waals surface area (Å²) in [6.45, 7) is 7.37. The van der Waals surface area contributed by atoms with Crippen LogP contribution < -0.4 is 0 Å². The van der Waals surface area contributed by atoms with Crippen LogP contribution in [0.3, 0.4) is 0 Å². The number of aromatic amines is 1. The molecule has 140 valence electrons. The van der Waals surface area contributed by atoms with E-state index in [9.17, 15) is 14.4 Å². The second kappa shape index (κ2) is 8.03. The van der Waals surface area contributed by atoms with Gasteiger partial charge in [0.1, 0.15) is 0 Å². The molecule has 26 heavy (non-hydrogen) atoms. The Morgan fingerprint density at radius 3 is 2.31 bits per heavy atom. The van der Waals surface area contributed by atoms with Crippen molar-refractivity contribution < 1.29 is 23.9 Å². The zero-order chi connectivity index (χ0) is 19.4. The van der Waals surface area contributed by atoms with Crippen molar-refractivity contribution in [3.8, 4) is 0 Å². The molecule has 1 N–H and O–H groups in total. The molecule has 0 saturated heterocycles. The molecule has 0 amide bonds. The number of carbonyl (C=O) groups excluding carboxylic acids is 3. The quantitative estimate of drug-likeness (QED) is 0.605. The first-order valence-corrected chi connectivity index (χ1v) is 8.52. The van der Waals surface area contributed by atoms with Crippen molar-refractivity contribution in [2.75, 3.05) is 13.2 Å². The van der Waals surface area contributed by atoms with Crippen molar-refractivity contribution in [3.05, 3.63) is 46.0 Å². The lowest BCUT2D eigenvalue weighted by atomic mass is 10.0. The first-order valence-electron chi connectivity index (χ1n) is 8.52. The first-order chi connectivity index (χ1) is 12.3. The molecule has 2 heterocycles. The van der Waals surface area contributed by atoms with Crippen molar-refractivity contribution >= 4 is 17.7 Å². The molecule has 0 fully saturated rings. The number of rotatable bonds is 7. The van der Waals surface area contributed by atoms with Crippen LogP contribution >= 0.6 is 0 Å². The zero-order valence-corrected chi connectivity index (χ0v) is 15.8. The predicted octanol–water partition coefficient (Wildman–Crippen LogP) is 2.48. The number of esters is 2. The lowest BCUT2D eigenvalue weighted by Gasteiger charge is -2.08. The number of ether oxygens (including phenoxy) is 2. The van der Waals surface area contributed by atoms with Gasteiger partial charge in [-0.05, 0) is 44.9 Å². The van der Waals surface area contributed by atoms with Crippen LogP contribution in [-0.4, -0.2) is 40.5 Å². The Balaban J connectivity index is 2.59. The maximum absolute atomic E-state index is 13.0. The van der Waals surface area contributed by atoms with Gasteiger partial charge >= 0.3 is 11.9 Å². The summed E-state index contributed by atoms with van der Waals surface area (Å²) in [6, 6.07) is 1.80. The molecule has 0 spiro atoms. The van der Waals surface area contributed by atoms with Crippen molar-refractivity contribution in [1.29, 1.82) is 0 Å². The van der Waals surface area contributed by atoms with Gasteiger partial charge < -0.3 is 19.0 Å². The molecule has 0 aliphatic rings. The van der Waals surface area contributed by atoms with Gasteiger partial charge in [-0.1, -0.05) is 0 Å². The highest BCUT2D eigenvalue weighted by Crippen LogP contribution is 2.26. The van der Waals surface area contributed by atoms with Crippen LogP contribution in [0.4, 0.5) is 0 Å². The minimum Gasteiger partial charge on any atom is -0.466 e. The molecule has 7 heteroatoms. The molecular formula is C19H24N2O5. The number of ketones is 1. The monoisotopic (exact) mass is 360 g/mol. The van der Waals surface area contributed by atoms with E-state index in [1.807, 2.05) is 6.92 Å². The SMILES string of the molecule is CCOC(=O)Cc1c(C(=O)OCC)c(C)c(C(=O)c2[nH]ccc2C)n1C. The highest BCUT2D eigenvalue weighted by Gasteiger charge is 2.30. The lowest BCUT2D eigenvalue weighted by Crippen LogP contribution is -2.16. The van der Waals surface area contributed by atoms with Gasteiger partial charge in [-0.15, -0.1) is 0 Å². The molecular weight excluding hydrogens is 336 g/mol. The summed E-state index contributed by atoms with van der Waals surface area (Å²) in [5, 5.41) is 0. The Hall–Kier alpha value is -2.83. The van der Waals surface area contributed by atoms with E-state index in [2.05, 4.69) is 4.98 Å². The number of carbonyl (C=O) groups is 3. The van der Waals surface area contributed by atoms with Crippen molar-refractivity contribution in [3.63, 3.8) is 0 Å². The van der Waals surface area contributed by atoms with E-state index in [1.165, 1.54) is 0 Å². The summed E-state index contributed by atoms with van der Waals surface area (Å²) in [4.78, 5) is 40.4. The van der Waals surface area contributed by atoms with Gasteiger partial charge in [0, 0.05) is 18.9 Å². The Kier molecular flexibility index (Phi) is 6.02. The molecule has 2 aromatic heterocycles. The third-order valence-corrected chi connectivity index (χ3v) is 4.25. The van der Waals surface area contributed by atoms with Crippen LogP contribution in [0.2, 0.25) is 0 Å². The molecule has 0 atom stereocenters. The predicted molar refractivity (Wildman–Crippen MR) is 95.4 cm³/mol. The summed E-state index contributed by atoms with van der Waals surface area (Å²) < 4.78 is 11.7. The molecule has 7 nitrogen and oxygen atoms in total. The van der Waals surface area contributed by atoms with Crippen molar-refractivity contribution in [2.45, 2.75) is 34.1 Å². The highest BCUT2D eigenvalue weighted by molar-refractivity contribution is 6.11. The van der Waals surface area contributed by atoms with E-state index in [1.54, 1.807) is 44.6 Å². The molecule has 0 unspecified atom stereocenters. The fourth-order valence-electron chi connectivity index (χ4n) is 3.05. The van der Waals surface area contributed by atoms with Gasteiger partial charge in [-0.2, -0.15) is 0 Å². The standard InChI is InChI=1S/C19H24N2O5/c1-6-25-14(22)10-13-15(19(24)26-7-2)12(4)17(21(13)5)18(23)16-11(3)8-9-20-16/h8-9,20H,6-7,10H2,1-5H3. The van der Waals surface area contributed by atoms with Crippen molar-refractivity contribution in [1.82, 2.24) is 9.55 Å². The smallest absolute Gasteiger partial charge is 0.340 e. The normalized spacial score (nSPS) is 10.7. The summed E-state index contributed by atoms with van der Waals surface area (Å²) in [7, 11) is 1.66. The van der Waals surface area contributed by atoms with Crippen LogP contribution in [0.15, 0.2) is 12.3 Å². The second-order valence-corrected chi connectivity index (χ2v) is 5.92. The topological polar surface area (TPSA) is 90.4 Å². The van der Waals surface area contributed by atoms with Crippen LogP contribution in [-0.2, 0) is 27.7 Å². The maximum atomic E-state index is 13.0.